The molecule has 0 aliphatic carbocycles. The van der Waals surface area contributed by atoms with Gasteiger partial charge in [0.1, 0.15) is 6.54 Å². The molecule has 28 heavy (non-hydrogen) atoms. The lowest BCUT2D eigenvalue weighted by Crippen LogP contribution is -3.12. The molecule has 2 atom stereocenters. The van der Waals surface area contributed by atoms with E-state index in [1.54, 1.807) is 38.5 Å². The molecule has 7 nitrogen and oxygen atoms in total. The summed E-state index contributed by atoms with van der Waals surface area (Å²) in [6, 6.07) is 12.5. The quantitative estimate of drug-likeness (QED) is 0.645. The number of rotatable bonds is 8. The zero-order chi connectivity index (χ0) is 20.7. The van der Waals surface area contributed by atoms with Gasteiger partial charge in [0.25, 0.3) is 5.91 Å². The van der Waals surface area contributed by atoms with Crippen LogP contribution in [0.3, 0.4) is 0 Å². The van der Waals surface area contributed by atoms with Crippen LogP contribution in [0.5, 0.6) is 11.5 Å². The Morgan fingerprint density at radius 3 is 2.14 bits per heavy atom. The van der Waals surface area contributed by atoms with Gasteiger partial charge in [-0.15, -0.1) is 0 Å². The molecule has 2 rings (SSSR count). The van der Waals surface area contributed by atoms with Crippen LogP contribution in [0.4, 0.5) is 11.4 Å². The summed E-state index contributed by atoms with van der Waals surface area (Å²) < 4.78 is 10.8. The van der Waals surface area contributed by atoms with Gasteiger partial charge in [-0.05, 0) is 43.3 Å². The number of hydrogen-bond acceptors (Lipinski definition) is 4. The van der Waals surface area contributed by atoms with Crippen LogP contribution < -0.4 is 25.0 Å². The molecule has 0 spiro atoms. The largest absolute Gasteiger partial charge is 0.493 e. The number of quaternary nitrogens is 1. The molecule has 2 aromatic carbocycles. The van der Waals surface area contributed by atoms with Crippen molar-refractivity contribution in [2.45, 2.75) is 26.4 Å². The predicted octanol–water partition coefficient (Wildman–Crippen LogP) is 1.70. The van der Waals surface area contributed by atoms with Crippen LogP contribution in [0.1, 0.15) is 19.4 Å². The number of likely N-dealkylation sites (N-methyl/N-ethyl adjacent to an activating group) is 1. The molecule has 0 aliphatic heterocycles. The monoisotopic (exact) mass is 386 g/mol. The average Bonchev–Trinajstić information content (AvgIpc) is 2.68. The van der Waals surface area contributed by atoms with Crippen LogP contribution in [0, 0.1) is 0 Å². The van der Waals surface area contributed by atoms with Gasteiger partial charge >= 0.3 is 0 Å². The Morgan fingerprint density at radius 2 is 1.61 bits per heavy atom. The van der Waals surface area contributed by atoms with Gasteiger partial charge in [0.2, 0.25) is 5.91 Å². The number of nitrogens with one attached hydrogen (secondary N) is 3. The highest BCUT2D eigenvalue weighted by Crippen LogP contribution is 2.30. The number of benzene rings is 2. The van der Waals surface area contributed by atoms with E-state index in [0.29, 0.717) is 29.4 Å². The molecule has 0 saturated heterocycles. The second-order valence-electron chi connectivity index (χ2n) is 6.65. The predicted molar refractivity (Wildman–Crippen MR) is 109 cm³/mol. The van der Waals surface area contributed by atoms with E-state index in [4.69, 9.17) is 9.47 Å². The summed E-state index contributed by atoms with van der Waals surface area (Å²) in [5.74, 6) is 1.13. The Bertz CT molecular complexity index is 821. The fourth-order valence-electron chi connectivity index (χ4n) is 2.86. The van der Waals surface area contributed by atoms with Crippen molar-refractivity contribution in [3.63, 3.8) is 0 Å². The maximum Gasteiger partial charge on any atom is 0.282 e. The molecule has 1 unspecified atom stereocenters. The number of para-hydroxylation sites is 1. The Labute approximate surface area is 165 Å². The molecule has 0 aliphatic rings. The van der Waals surface area contributed by atoms with E-state index in [9.17, 15) is 9.59 Å². The Hall–Kier alpha value is -3.06. The molecule has 0 heterocycles. The summed E-state index contributed by atoms with van der Waals surface area (Å²) in [7, 11) is 5.17. The summed E-state index contributed by atoms with van der Waals surface area (Å²) in [6.07, 6.45) is 0. The van der Waals surface area contributed by atoms with Crippen molar-refractivity contribution in [2.24, 2.45) is 0 Å². The number of methoxy groups -OCH3 is 2. The molecular weight excluding hydrogens is 358 g/mol. The highest BCUT2D eigenvalue weighted by atomic mass is 16.5. The van der Waals surface area contributed by atoms with Gasteiger partial charge in [0.15, 0.2) is 17.5 Å². The number of anilines is 2. The van der Waals surface area contributed by atoms with Crippen molar-refractivity contribution in [1.82, 2.24) is 0 Å². The molecule has 2 aromatic rings. The number of carbonyl (C=O) groups is 2. The molecule has 0 aromatic heterocycles. The molecule has 3 N–H and O–H groups in total. The van der Waals surface area contributed by atoms with Gasteiger partial charge in [-0.2, -0.15) is 0 Å². The first kappa shape index (κ1) is 21.2. The second-order valence-corrected chi connectivity index (χ2v) is 6.65. The van der Waals surface area contributed by atoms with Crippen molar-refractivity contribution >= 4 is 23.2 Å². The van der Waals surface area contributed by atoms with E-state index in [2.05, 4.69) is 10.6 Å². The van der Waals surface area contributed by atoms with E-state index < -0.39 is 0 Å². The number of hydrogen-bond donors (Lipinski definition) is 3. The van der Waals surface area contributed by atoms with Gasteiger partial charge in [-0.25, -0.2) is 0 Å². The number of ether oxygens (including phenoxy) is 2. The minimum Gasteiger partial charge on any atom is -0.493 e. The Balaban J connectivity index is 2.02. The standard InChI is InChI=1S/C21H27N3O4/c1-14(21(26)23-18-11-9-17(10-12-18)22-15(2)25)24(3)13-16-7-6-8-19(27-4)20(16)28-5/h6-12,14H,13H2,1-5H3,(H,22,25)(H,23,26)/p+1/t14-/m0/s1. The Morgan fingerprint density at radius 1 is 1.00 bits per heavy atom. The average molecular weight is 386 g/mol. The van der Waals surface area contributed by atoms with Gasteiger partial charge < -0.3 is 25.0 Å². The number of carbonyl (C=O) groups excluding carboxylic acids is 2. The van der Waals surface area contributed by atoms with Crippen molar-refractivity contribution in [2.75, 3.05) is 31.9 Å². The van der Waals surface area contributed by atoms with Gasteiger partial charge in [-0.3, -0.25) is 9.59 Å². The maximum absolute atomic E-state index is 12.6. The summed E-state index contributed by atoms with van der Waals surface area (Å²) >= 11 is 0. The van der Waals surface area contributed by atoms with E-state index in [-0.39, 0.29) is 17.9 Å². The van der Waals surface area contributed by atoms with E-state index in [0.717, 1.165) is 10.5 Å². The zero-order valence-corrected chi connectivity index (χ0v) is 17.0. The number of amides is 2. The molecule has 0 radical (unpaired) electrons. The van der Waals surface area contributed by atoms with Crippen LogP contribution >= 0.6 is 0 Å². The van der Waals surface area contributed by atoms with E-state index in [1.807, 2.05) is 32.2 Å². The highest BCUT2D eigenvalue weighted by molar-refractivity contribution is 5.94. The molecule has 7 heteroatoms. The first-order chi connectivity index (χ1) is 13.3. The lowest BCUT2D eigenvalue weighted by molar-refractivity contribution is -0.907. The summed E-state index contributed by atoms with van der Waals surface area (Å²) in [5.41, 5.74) is 2.34. The van der Waals surface area contributed by atoms with Gasteiger partial charge in [-0.1, -0.05) is 6.07 Å². The van der Waals surface area contributed by atoms with E-state index >= 15 is 0 Å². The van der Waals surface area contributed by atoms with Crippen molar-refractivity contribution in [1.29, 1.82) is 0 Å². The first-order valence-corrected chi connectivity index (χ1v) is 9.06. The zero-order valence-electron chi connectivity index (χ0n) is 17.0. The molecule has 0 bridgehead atoms. The summed E-state index contributed by atoms with van der Waals surface area (Å²) in [5, 5.41) is 5.61. The van der Waals surface area contributed by atoms with Gasteiger partial charge in [0, 0.05) is 18.3 Å². The van der Waals surface area contributed by atoms with Crippen LogP contribution in [0.25, 0.3) is 0 Å². The van der Waals surface area contributed by atoms with Crippen LogP contribution in [0.15, 0.2) is 42.5 Å². The second kappa shape index (κ2) is 9.75. The molecule has 150 valence electrons. The topological polar surface area (TPSA) is 81.1 Å². The molecule has 0 fully saturated rings. The minimum absolute atomic E-state index is 0.0911. The maximum atomic E-state index is 12.6. The van der Waals surface area contributed by atoms with Crippen LogP contribution in [-0.4, -0.2) is 39.1 Å². The van der Waals surface area contributed by atoms with E-state index in [1.165, 1.54) is 6.92 Å². The van der Waals surface area contributed by atoms with Crippen LogP contribution in [-0.2, 0) is 16.1 Å². The fraction of sp³-hybridized carbons (Fsp3) is 0.333. The van der Waals surface area contributed by atoms with Crippen molar-refractivity contribution in [3.8, 4) is 11.5 Å². The lowest BCUT2D eigenvalue weighted by Gasteiger charge is -2.22. The Kier molecular flexibility index (Phi) is 7.40. The summed E-state index contributed by atoms with van der Waals surface area (Å²) in [4.78, 5) is 24.7. The molecular formula is C21H28N3O4+. The summed E-state index contributed by atoms with van der Waals surface area (Å²) in [6.45, 7) is 3.94. The molecule has 0 saturated carbocycles. The molecule has 2 amide bonds. The third-order valence-electron chi connectivity index (χ3n) is 4.56. The SMILES string of the molecule is COc1cccc(C[NH+](C)[C@@H](C)C(=O)Nc2ccc(NC(C)=O)cc2)c1OC. The van der Waals surface area contributed by atoms with Crippen molar-refractivity contribution in [3.05, 3.63) is 48.0 Å². The minimum atomic E-state index is -0.286. The van der Waals surface area contributed by atoms with Crippen LogP contribution in [0.2, 0.25) is 0 Å². The normalized spacial score (nSPS) is 12.6. The highest BCUT2D eigenvalue weighted by Gasteiger charge is 2.24. The fourth-order valence-corrected chi connectivity index (χ4v) is 2.86. The smallest absolute Gasteiger partial charge is 0.282 e. The lowest BCUT2D eigenvalue weighted by atomic mass is 10.1. The van der Waals surface area contributed by atoms with Crippen molar-refractivity contribution < 1.29 is 24.0 Å². The van der Waals surface area contributed by atoms with Gasteiger partial charge in [0.05, 0.1) is 26.8 Å². The first-order valence-electron chi connectivity index (χ1n) is 9.06. The third kappa shape index (κ3) is 5.47. The third-order valence-corrected chi connectivity index (χ3v) is 4.56.